The Morgan fingerprint density at radius 2 is 1.59 bits per heavy atom. The maximum Gasteiger partial charge on any atom is 0.306 e. The second-order valence-corrected chi connectivity index (χ2v) is 16.9. The van der Waals surface area contributed by atoms with Crippen molar-refractivity contribution in [1.82, 2.24) is 0 Å². The number of ether oxygens (including phenoxy) is 1. The van der Waals surface area contributed by atoms with E-state index in [-0.39, 0.29) is 12.1 Å². The van der Waals surface area contributed by atoms with Crippen LogP contribution in [-0.4, -0.2) is 12.1 Å². The van der Waals surface area contributed by atoms with E-state index >= 15 is 0 Å². The average molecular weight is 609 g/mol. The molecule has 0 aromatic rings. The number of allylic oxidation sites excluding steroid dienone is 3. The molecular weight excluding hydrogens is 536 g/mol. The highest BCUT2D eigenvalue weighted by molar-refractivity contribution is 5.69. The third-order valence-electron chi connectivity index (χ3n) is 13.5. The summed E-state index contributed by atoms with van der Waals surface area (Å²) in [7, 11) is 0. The van der Waals surface area contributed by atoms with E-state index in [1.165, 1.54) is 109 Å². The Morgan fingerprint density at radius 3 is 2.34 bits per heavy atom. The first-order valence-electron chi connectivity index (χ1n) is 19.7. The number of carbonyl (C=O) groups is 1. The van der Waals surface area contributed by atoms with E-state index in [1.807, 2.05) is 0 Å². The Bertz CT molecular complexity index is 930. The number of fused-ring (bicyclic) bond motifs is 5. The number of hydrogen-bond acceptors (Lipinski definition) is 2. The molecule has 0 aliphatic heterocycles. The van der Waals surface area contributed by atoms with Crippen LogP contribution in [0.3, 0.4) is 0 Å². The van der Waals surface area contributed by atoms with Crippen LogP contribution >= 0.6 is 0 Å². The first-order valence-corrected chi connectivity index (χ1v) is 19.7. The predicted molar refractivity (Wildman–Crippen MR) is 189 cm³/mol. The fourth-order valence-electron chi connectivity index (χ4n) is 10.8. The molecule has 4 aliphatic carbocycles. The Morgan fingerprint density at radius 1 is 0.864 bits per heavy atom. The van der Waals surface area contributed by atoms with Gasteiger partial charge in [0.15, 0.2) is 0 Å². The van der Waals surface area contributed by atoms with Gasteiger partial charge in [0.1, 0.15) is 6.10 Å². The van der Waals surface area contributed by atoms with Crippen molar-refractivity contribution in [3.05, 3.63) is 23.8 Å². The minimum Gasteiger partial charge on any atom is -0.462 e. The molecular formula is C42H72O2. The van der Waals surface area contributed by atoms with Gasteiger partial charge in [0, 0.05) is 12.8 Å². The molecule has 0 bridgehead atoms. The summed E-state index contributed by atoms with van der Waals surface area (Å²) >= 11 is 0. The van der Waals surface area contributed by atoms with Crippen molar-refractivity contribution < 1.29 is 9.53 Å². The lowest BCUT2D eigenvalue weighted by Crippen LogP contribution is -2.51. The van der Waals surface area contributed by atoms with Crippen molar-refractivity contribution >= 4 is 5.97 Å². The summed E-state index contributed by atoms with van der Waals surface area (Å²) in [5.41, 5.74) is 2.53. The van der Waals surface area contributed by atoms with Crippen LogP contribution in [0.15, 0.2) is 23.8 Å². The largest absolute Gasteiger partial charge is 0.462 e. The van der Waals surface area contributed by atoms with Crippen LogP contribution in [0, 0.1) is 46.3 Å². The fraction of sp³-hybridized carbons (Fsp3) is 0.881. The number of hydrogen-bond donors (Lipinski definition) is 0. The highest BCUT2D eigenvalue weighted by Crippen LogP contribution is 2.67. The van der Waals surface area contributed by atoms with Gasteiger partial charge in [0.2, 0.25) is 0 Å². The molecule has 0 aromatic carbocycles. The molecule has 0 radical (unpaired) electrons. The molecule has 0 unspecified atom stereocenters. The van der Waals surface area contributed by atoms with Crippen LogP contribution in [-0.2, 0) is 9.53 Å². The van der Waals surface area contributed by atoms with E-state index in [2.05, 4.69) is 59.8 Å². The van der Waals surface area contributed by atoms with Crippen molar-refractivity contribution in [1.29, 1.82) is 0 Å². The Hall–Kier alpha value is -1.05. The van der Waals surface area contributed by atoms with Gasteiger partial charge in [-0.05, 0) is 123 Å². The zero-order chi connectivity index (χ0) is 31.6. The van der Waals surface area contributed by atoms with Gasteiger partial charge in [-0.3, -0.25) is 4.79 Å². The molecule has 0 saturated heterocycles. The monoisotopic (exact) mass is 609 g/mol. The second-order valence-electron chi connectivity index (χ2n) is 16.9. The van der Waals surface area contributed by atoms with E-state index in [0.717, 1.165) is 61.2 Å². The average Bonchev–Trinajstić information content (AvgIpc) is 3.35. The van der Waals surface area contributed by atoms with Gasteiger partial charge in [-0.25, -0.2) is 0 Å². The minimum absolute atomic E-state index is 0.0517. The Kier molecular flexibility index (Phi) is 14.0. The Labute approximate surface area is 274 Å². The van der Waals surface area contributed by atoms with Crippen molar-refractivity contribution in [2.45, 2.75) is 189 Å². The molecule has 4 aliphatic rings. The van der Waals surface area contributed by atoms with Crippen molar-refractivity contribution in [2.24, 2.45) is 46.3 Å². The third kappa shape index (κ3) is 9.06. The molecule has 0 amide bonds. The molecule has 2 nitrogen and oxygen atoms in total. The second kappa shape index (κ2) is 17.2. The molecule has 2 heteroatoms. The van der Waals surface area contributed by atoms with Crippen molar-refractivity contribution in [2.75, 3.05) is 0 Å². The molecule has 4 rings (SSSR count). The van der Waals surface area contributed by atoms with E-state index < -0.39 is 0 Å². The normalized spacial score (nSPS) is 34.0. The topological polar surface area (TPSA) is 26.3 Å². The lowest BCUT2D eigenvalue weighted by Gasteiger charge is -2.58. The Balaban J connectivity index is 1.18. The molecule has 0 N–H and O–H groups in total. The maximum atomic E-state index is 12.8. The molecule has 0 aromatic heterocycles. The van der Waals surface area contributed by atoms with Crippen molar-refractivity contribution in [3.63, 3.8) is 0 Å². The minimum atomic E-state index is 0.0517. The SMILES string of the molecule is CCCCC/C=C/CCCCCCCC(=O)O[C@H]1CC[C@@]2(C)C(=CC[C@H]3[C@@H]4CC[C@H]([C@H](C)CCCC(C)C)[C@@]4(C)CC[C@@H]32)C1. The molecule has 3 saturated carbocycles. The van der Waals surface area contributed by atoms with Gasteiger partial charge in [0.25, 0.3) is 0 Å². The number of unbranched alkanes of at least 4 members (excludes halogenated alkanes) is 8. The molecule has 0 heterocycles. The number of carbonyl (C=O) groups excluding carboxylic acids is 1. The summed E-state index contributed by atoms with van der Waals surface area (Å²) in [6.45, 7) is 14.9. The number of esters is 1. The zero-order valence-electron chi connectivity index (χ0n) is 30.1. The summed E-state index contributed by atoms with van der Waals surface area (Å²) in [4.78, 5) is 12.8. The third-order valence-corrected chi connectivity index (χ3v) is 13.5. The van der Waals surface area contributed by atoms with Gasteiger partial charge < -0.3 is 4.74 Å². The fourth-order valence-corrected chi connectivity index (χ4v) is 10.8. The smallest absolute Gasteiger partial charge is 0.306 e. The van der Waals surface area contributed by atoms with Gasteiger partial charge in [-0.2, -0.15) is 0 Å². The predicted octanol–water partition coefficient (Wildman–Crippen LogP) is 12.8. The van der Waals surface area contributed by atoms with Crippen molar-refractivity contribution in [3.8, 4) is 0 Å². The van der Waals surface area contributed by atoms with Crippen LogP contribution in [0.2, 0.25) is 0 Å². The van der Waals surface area contributed by atoms with Gasteiger partial charge in [-0.15, -0.1) is 0 Å². The van der Waals surface area contributed by atoms with Gasteiger partial charge in [0.05, 0.1) is 0 Å². The van der Waals surface area contributed by atoms with E-state index in [9.17, 15) is 4.79 Å². The summed E-state index contributed by atoms with van der Waals surface area (Å²) in [5, 5.41) is 0. The first kappa shape index (κ1) is 35.8. The van der Waals surface area contributed by atoms with Crippen LogP contribution in [0.25, 0.3) is 0 Å². The van der Waals surface area contributed by atoms with Crippen LogP contribution in [0.5, 0.6) is 0 Å². The van der Waals surface area contributed by atoms with Gasteiger partial charge >= 0.3 is 5.97 Å². The van der Waals surface area contributed by atoms with Crippen LogP contribution in [0.4, 0.5) is 0 Å². The van der Waals surface area contributed by atoms with Gasteiger partial charge in [-0.1, -0.05) is 117 Å². The van der Waals surface area contributed by atoms with E-state index in [0.29, 0.717) is 17.3 Å². The zero-order valence-corrected chi connectivity index (χ0v) is 30.1. The van der Waals surface area contributed by atoms with E-state index in [1.54, 1.807) is 5.57 Å². The highest BCUT2D eigenvalue weighted by atomic mass is 16.5. The summed E-state index contributed by atoms with van der Waals surface area (Å²) in [6.07, 6.45) is 35.1. The standard InChI is InChI=1S/C42H72O2/c1-7-8-9-10-11-12-13-14-15-16-17-18-22-40(43)44-35-27-29-41(5)34(31-35)23-24-36-38-26-25-37(33(4)21-19-20-32(2)3)42(38,6)30-28-39(36)41/h11-12,23,32-33,35-39H,7-10,13-22,24-31H2,1-6H3/b12-11+/t33-,35+,36+,37-,38+,39+,41+,42-/m1/s1. The summed E-state index contributed by atoms with van der Waals surface area (Å²) < 4.78 is 6.11. The quantitative estimate of drug-likeness (QED) is 0.0879. The molecule has 252 valence electrons. The summed E-state index contributed by atoms with van der Waals surface area (Å²) in [5.74, 6) is 5.32. The number of rotatable bonds is 18. The van der Waals surface area contributed by atoms with E-state index in [4.69, 9.17) is 4.74 Å². The molecule has 3 fully saturated rings. The maximum absolute atomic E-state index is 12.8. The molecule has 8 atom stereocenters. The lowest BCUT2D eigenvalue weighted by atomic mass is 9.47. The summed E-state index contributed by atoms with van der Waals surface area (Å²) in [6, 6.07) is 0. The molecule has 44 heavy (non-hydrogen) atoms. The molecule has 0 spiro atoms. The first-order chi connectivity index (χ1) is 21.2. The lowest BCUT2D eigenvalue weighted by molar-refractivity contribution is -0.151. The van der Waals surface area contributed by atoms with Crippen LogP contribution in [0.1, 0.15) is 183 Å². The van der Waals surface area contributed by atoms with Crippen LogP contribution < -0.4 is 0 Å². The highest BCUT2D eigenvalue weighted by Gasteiger charge is 2.59.